The van der Waals surface area contributed by atoms with Crippen LogP contribution in [0.2, 0.25) is 0 Å². The van der Waals surface area contributed by atoms with Gasteiger partial charge in [0.25, 0.3) is 0 Å². The summed E-state index contributed by atoms with van der Waals surface area (Å²) in [7, 11) is 3.24. The third kappa shape index (κ3) is 4.87. The fourth-order valence-electron chi connectivity index (χ4n) is 1.94. The number of carbonyl (C=O) groups excluding carboxylic acids is 1. The number of aromatic nitrogens is 3. The van der Waals surface area contributed by atoms with E-state index in [1.165, 1.54) is 16.4 Å². The Morgan fingerprint density at radius 3 is 2.71 bits per heavy atom. The van der Waals surface area contributed by atoms with Crippen molar-refractivity contribution in [2.24, 2.45) is 0 Å². The monoisotopic (exact) mass is 351 g/mol. The van der Waals surface area contributed by atoms with E-state index in [-0.39, 0.29) is 11.7 Å². The van der Waals surface area contributed by atoms with E-state index >= 15 is 0 Å². The summed E-state index contributed by atoms with van der Waals surface area (Å²) in [6.07, 6.45) is 0.779. The highest BCUT2D eigenvalue weighted by Crippen LogP contribution is 2.23. The number of ether oxygens (including phenoxy) is 2. The fourth-order valence-corrected chi connectivity index (χ4v) is 2.62. The van der Waals surface area contributed by atoms with Crippen molar-refractivity contribution in [2.45, 2.75) is 11.6 Å². The number of methoxy groups -OCH3 is 2. The normalized spacial score (nSPS) is 10.6. The van der Waals surface area contributed by atoms with E-state index in [1.807, 2.05) is 24.3 Å². The number of rotatable bonds is 9. The maximum atomic E-state index is 11.8. The minimum atomic E-state index is -0.0786. The van der Waals surface area contributed by atoms with E-state index in [0.29, 0.717) is 24.1 Å². The van der Waals surface area contributed by atoms with Crippen molar-refractivity contribution in [3.05, 3.63) is 24.3 Å². The van der Waals surface area contributed by atoms with Gasteiger partial charge in [-0.2, -0.15) is 0 Å². The number of nitrogens with one attached hydrogen (secondary N) is 1. The van der Waals surface area contributed by atoms with Crippen LogP contribution in [0.15, 0.2) is 29.4 Å². The zero-order valence-corrected chi connectivity index (χ0v) is 14.5. The van der Waals surface area contributed by atoms with Crippen LogP contribution in [0.4, 0.5) is 0 Å². The molecule has 0 atom stereocenters. The SMILES string of the molecule is COCCCNC(=O)CSc1nnc(-c2ccc(OC)cc2)n1N. The van der Waals surface area contributed by atoms with Crippen LogP contribution >= 0.6 is 11.8 Å². The molecule has 0 aliphatic heterocycles. The first-order valence-corrected chi connectivity index (χ1v) is 8.37. The van der Waals surface area contributed by atoms with Crippen LogP contribution in [-0.2, 0) is 9.53 Å². The van der Waals surface area contributed by atoms with Crippen molar-refractivity contribution < 1.29 is 14.3 Å². The van der Waals surface area contributed by atoms with Gasteiger partial charge < -0.3 is 20.6 Å². The Kier molecular flexibility index (Phi) is 6.89. The van der Waals surface area contributed by atoms with E-state index in [4.69, 9.17) is 15.3 Å². The minimum Gasteiger partial charge on any atom is -0.497 e. The number of hydrogen-bond acceptors (Lipinski definition) is 7. The summed E-state index contributed by atoms with van der Waals surface area (Å²) in [5.74, 6) is 7.45. The molecule has 1 aromatic heterocycles. The Balaban J connectivity index is 1.91. The highest BCUT2D eigenvalue weighted by atomic mass is 32.2. The second-order valence-corrected chi connectivity index (χ2v) is 5.83. The van der Waals surface area contributed by atoms with Crippen LogP contribution in [-0.4, -0.2) is 53.9 Å². The second-order valence-electron chi connectivity index (χ2n) is 4.89. The van der Waals surface area contributed by atoms with E-state index in [1.54, 1.807) is 14.2 Å². The molecule has 130 valence electrons. The molecule has 9 heteroatoms. The van der Waals surface area contributed by atoms with Gasteiger partial charge in [-0.3, -0.25) is 4.79 Å². The van der Waals surface area contributed by atoms with Crippen LogP contribution in [0.3, 0.4) is 0 Å². The van der Waals surface area contributed by atoms with Crippen LogP contribution in [0.1, 0.15) is 6.42 Å². The number of nitrogens with two attached hydrogens (primary N) is 1. The number of hydrogen-bond donors (Lipinski definition) is 2. The Labute approximate surface area is 144 Å². The molecular formula is C15H21N5O3S. The molecule has 2 aromatic rings. The first-order chi connectivity index (χ1) is 11.7. The van der Waals surface area contributed by atoms with E-state index in [2.05, 4.69) is 15.5 Å². The third-order valence-corrected chi connectivity index (χ3v) is 4.14. The molecule has 1 amide bonds. The van der Waals surface area contributed by atoms with Crippen molar-refractivity contribution >= 4 is 17.7 Å². The Bertz CT molecular complexity index is 660. The third-order valence-electron chi connectivity index (χ3n) is 3.19. The van der Waals surface area contributed by atoms with Gasteiger partial charge in [-0.1, -0.05) is 11.8 Å². The molecule has 2 rings (SSSR count). The molecule has 0 unspecified atom stereocenters. The molecule has 3 N–H and O–H groups in total. The van der Waals surface area contributed by atoms with E-state index in [9.17, 15) is 4.79 Å². The average molecular weight is 351 g/mol. The van der Waals surface area contributed by atoms with Gasteiger partial charge in [-0.15, -0.1) is 10.2 Å². The molecule has 0 saturated carbocycles. The summed E-state index contributed by atoms with van der Waals surface area (Å²) in [6.45, 7) is 1.20. The summed E-state index contributed by atoms with van der Waals surface area (Å²) in [4.78, 5) is 11.8. The summed E-state index contributed by atoms with van der Waals surface area (Å²) >= 11 is 1.24. The molecule has 0 bridgehead atoms. The Hall–Kier alpha value is -2.26. The molecule has 0 radical (unpaired) electrons. The molecule has 0 aliphatic rings. The van der Waals surface area contributed by atoms with Gasteiger partial charge in [0.05, 0.1) is 12.9 Å². The van der Waals surface area contributed by atoms with Crippen molar-refractivity contribution in [3.63, 3.8) is 0 Å². The molecule has 0 saturated heterocycles. The predicted octanol–water partition coefficient (Wildman–Crippen LogP) is 0.912. The van der Waals surface area contributed by atoms with Crippen molar-refractivity contribution in [1.29, 1.82) is 0 Å². The van der Waals surface area contributed by atoms with Crippen LogP contribution < -0.4 is 15.9 Å². The summed E-state index contributed by atoms with van der Waals surface area (Å²) < 4.78 is 11.4. The molecule has 1 heterocycles. The average Bonchev–Trinajstić information content (AvgIpc) is 2.97. The van der Waals surface area contributed by atoms with Crippen LogP contribution in [0.5, 0.6) is 5.75 Å². The number of nitrogen functional groups attached to an aromatic ring is 1. The van der Waals surface area contributed by atoms with Crippen LogP contribution in [0.25, 0.3) is 11.4 Å². The highest BCUT2D eigenvalue weighted by Gasteiger charge is 2.13. The zero-order valence-electron chi connectivity index (χ0n) is 13.7. The lowest BCUT2D eigenvalue weighted by Gasteiger charge is -2.06. The second kappa shape index (κ2) is 9.14. The zero-order chi connectivity index (χ0) is 17.4. The summed E-state index contributed by atoms with van der Waals surface area (Å²) in [5.41, 5.74) is 0.821. The first kappa shape index (κ1) is 18.1. The van der Waals surface area contributed by atoms with E-state index < -0.39 is 0 Å². The predicted molar refractivity (Wildman–Crippen MR) is 92.4 cm³/mol. The largest absolute Gasteiger partial charge is 0.497 e. The maximum absolute atomic E-state index is 11.8. The first-order valence-electron chi connectivity index (χ1n) is 7.39. The summed E-state index contributed by atoms with van der Waals surface area (Å²) in [6, 6.07) is 7.35. The smallest absolute Gasteiger partial charge is 0.230 e. The van der Waals surface area contributed by atoms with Gasteiger partial charge >= 0.3 is 0 Å². The van der Waals surface area contributed by atoms with E-state index in [0.717, 1.165) is 17.7 Å². The van der Waals surface area contributed by atoms with Crippen LogP contribution in [0, 0.1) is 0 Å². The lowest BCUT2D eigenvalue weighted by molar-refractivity contribution is -0.118. The number of benzene rings is 1. The molecule has 0 fully saturated rings. The molecule has 24 heavy (non-hydrogen) atoms. The van der Waals surface area contributed by atoms with Gasteiger partial charge in [0.1, 0.15) is 5.75 Å². The van der Waals surface area contributed by atoms with Gasteiger partial charge in [-0.05, 0) is 30.7 Å². The molecule has 0 aliphatic carbocycles. The Morgan fingerprint density at radius 1 is 1.29 bits per heavy atom. The van der Waals surface area contributed by atoms with Gasteiger partial charge in [0, 0.05) is 25.8 Å². The summed E-state index contributed by atoms with van der Waals surface area (Å²) in [5, 5.41) is 11.4. The standard InChI is InChI=1S/C15H21N5O3S/c1-22-9-3-8-17-13(21)10-24-15-19-18-14(20(15)16)11-4-6-12(23-2)7-5-11/h4-7H,3,8-10,16H2,1-2H3,(H,17,21). The minimum absolute atomic E-state index is 0.0786. The number of carbonyl (C=O) groups is 1. The Morgan fingerprint density at radius 2 is 2.04 bits per heavy atom. The lowest BCUT2D eigenvalue weighted by atomic mass is 10.2. The number of nitrogens with zero attached hydrogens (tertiary/aromatic N) is 3. The number of amides is 1. The van der Waals surface area contributed by atoms with Gasteiger partial charge in [0.2, 0.25) is 11.1 Å². The fraction of sp³-hybridized carbons (Fsp3) is 0.400. The van der Waals surface area contributed by atoms with Crippen molar-refractivity contribution in [1.82, 2.24) is 20.2 Å². The van der Waals surface area contributed by atoms with Crippen molar-refractivity contribution in [3.8, 4) is 17.1 Å². The molecular weight excluding hydrogens is 330 g/mol. The number of thioether (sulfide) groups is 1. The molecule has 0 spiro atoms. The highest BCUT2D eigenvalue weighted by molar-refractivity contribution is 7.99. The molecule has 1 aromatic carbocycles. The maximum Gasteiger partial charge on any atom is 0.230 e. The lowest BCUT2D eigenvalue weighted by Crippen LogP contribution is -2.27. The quantitative estimate of drug-likeness (QED) is 0.393. The van der Waals surface area contributed by atoms with Gasteiger partial charge in [-0.25, -0.2) is 4.68 Å². The van der Waals surface area contributed by atoms with Gasteiger partial charge in [0.15, 0.2) is 5.82 Å². The molecule has 8 nitrogen and oxygen atoms in total. The topological polar surface area (TPSA) is 104 Å². The van der Waals surface area contributed by atoms with Crippen molar-refractivity contribution in [2.75, 3.05) is 39.0 Å².